The summed E-state index contributed by atoms with van der Waals surface area (Å²) in [5, 5.41) is 14.3. The second kappa shape index (κ2) is 5.49. The van der Waals surface area contributed by atoms with Gasteiger partial charge in [-0.3, -0.25) is 4.79 Å². The number of anilines is 1. The molecule has 0 radical (unpaired) electrons. The quantitative estimate of drug-likeness (QED) is 0.839. The summed E-state index contributed by atoms with van der Waals surface area (Å²) >= 11 is 2.96. The topological polar surface area (TPSA) is 66.9 Å². The summed E-state index contributed by atoms with van der Waals surface area (Å²) in [6.07, 6.45) is 2.02. The molecule has 0 saturated heterocycles. The molecule has 0 spiro atoms. The van der Waals surface area contributed by atoms with Crippen molar-refractivity contribution in [3.8, 4) is 0 Å². The molecule has 1 heterocycles. The lowest BCUT2D eigenvalue weighted by molar-refractivity contribution is 0.0949. The number of aromatic nitrogens is 2. The van der Waals surface area contributed by atoms with Crippen molar-refractivity contribution in [2.75, 3.05) is 25.2 Å². The number of thioether (sulfide) groups is 1. The Morgan fingerprint density at radius 1 is 1.50 bits per heavy atom. The van der Waals surface area contributed by atoms with Crippen molar-refractivity contribution in [2.24, 2.45) is 0 Å². The highest BCUT2D eigenvalue weighted by atomic mass is 32.2. The van der Waals surface area contributed by atoms with Crippen molar-refractivity contribution in [1.29, 1.82) is 0 Å². The molecular weight excluding hydrogens is 244 g/mol. The monoisotopic (exact) mass is 260 g/mol. The van der Waals surface area contributed by atoms with Gasteiger partial charge in [0.2, 0.25) is 10.1 Å². The van der Waals surface area contributed by atoms with Crippen molar-refractivity contribution in [3.63, 3.8) is 0 Å². The predicted octanol–water partition coefficient (Wildman–Crippen LogP) is 1.45. The molecule has 0 atom stereocenters. The summed E-state index contributed by atoms with van der Waals surface area (Å²) in [5.74, 6) is -0.166. The molecule has 1 rings (SSSR count). The standard InChI is InChI=1S/C9H16N4OS2/c1-9(2,15-4)5-11-6(14)7-12-13-8(10-3)16-7/h5H2,1-4H3,(H,10,13)(H,11,14). The number of hydrogen-bond donors (Lipinski definition) is 2. The third kappa shape index (κ3) is 3.64. The minimum absolute atomic E-state index is 0.0339. The zero-order chi connectivity index (χ0) is 12.2. The maximum atomic E-state index is 11.7. The van der Waals surface area contributed by atoms with E-state index < -0.39 is 0 Å². The van der Waals surface area contributed by atoms with Gasteiger partial charge in [0, 0.05) is 18.3 Å². The molecule has 0 bridgehead atoms. The van der Waals surface area contributed by atoms with Crippen LogP contribution in [-0.2, 0) is 0 Å². The third-order valence-corrected chi connectivity index (χ3v) is 4.25. The van der Waals surface area contributed by atoms with Gasteiger partial charge in [-0.1, -0.05) is 11.3 Å². The Hall–Kier alpha value is -0.820. The minimum Gasteiger partial charge on any atom is -0.363 e. The average Bonchev–Trinajstić information content (AvgIpc) is 2.74. The summed E-state index contributed by atoms with van der Waals surface area (Å²) in [4.78, 5) is 11.7. The van der Waals surface area contributed by atoms with Crippen molar-refractivity contribution in [1.82, 2.24) is 15.5 Å². The molecule has 1 amide bonds. The number of hydrogen-bond acceptors (Lipinski definition) is 6. The zero-order valence-electron chi connectivity index (χ0n) is 9.83. The van der Waals surface area contributed by atoms with Gasteiger partial charge in [-0.15, -0.1) is 10.2 Å². The highest BCUT2D eigenvalue weighted by Gasteiger charge is 2.19. The van der Waals surface area contributed by atoms with Crippen LogP contribution < -0.4 is 10.6 Å². The van der Waals surface area contributed by atoms with E-state index in [0.717, 1.165) is 0 Å². The average molecular weight is 260 g/mol. The normalized spacial score (nSPS) is 11.2. The van der Waals surface area contributed by atoms with Crippen molar-refractivity contribution < 1.29 is 4.79 Å². The highest BCUT2D eigenvalue weighted by molar-refractivity contribution is 7.99. The van der Waals surface area contributed by atoms with Crippen molar-refractivity contribution in [3.05, 3.63) is 5.01 Å². The van der Waals surface area contributed by atoms with Gasteiger partial charge in [-0.25, -0.2) is 0 Å². The van der Waals surface area contributed by atoms with Crippen LogP contribution in [0.2, 0.25) is 0 Å². The van der Waals surface area contributed by atoms with Crippen LogP contribution in [0.15, 0.2) is 0 Å². The lowest BCUT2D eigenvalue weighted by Crippen LogP contribution is -2.36. The van der Waals surface area contributed by atoms with Crippen LogP contribution in [0.3, 0.4) is 0 Å². The zero-order valence-corrected chi connectivity index (χ0v) is 11.5. The van der Waals surface area contributed by atoms with Crippen LogP contribution in [0.1, 0.15) is 23.6 Å². The van der Waals surface area contributed by atoms with Gasteiger partial charge in [-0.2, -0.15) is 11.8 Å². The van der Waals surface area contributed by atoms with E-state index in [4.69, 9.17) is 0 Å². The largest absolute Gasteiger partial charge is 0.363 e. The Kier molecular flexibility index (Phi) is 4.55. The fraction of sp³-hybridized carbons (Fsp3) is 0.667. The molecule has 0 aliphatic heterocycles. The molecular formula is C9H16N4OS2. The van der Waals surface area contributed by atoms with Crippen LogP contribution in [0.25, 0.3) is 0 Å². The Balaban J connectivity index is 2.53. The minimum atomic E-state index is -0.166. The van der Waals surface area contributed by atoms with Gasteiger partial charge in [0.25, 0.3) is 5.91 Å². The van der Waals surface area contributed by atoms with E-state index in [1.165, 1.54) is 11.3 Å². The van der Waals surface area contributed by atoms with Crippen molar-refractivity contribution in [2.45, 2.75) is 18.6 Å². The first-order valence-corrected chi connectivity index (χ1v) is 6.87. The lowest BCUT2D eigenvalue weighted by Gasteiger charge is -2.21. The third-order valence-electron chi connectivity index (χ3n) is 2.06. The first kappa shape index (κ1) is 13.2. The number of nitrogens with one attached hydrogen (secondary N) is 2. The van der Waals surface area contributed by atoms with E-state index in [0.29, 0.717) is 16.7 Å². The number of carbonyl (C=O) groups excluding carboxylic acids is 1. The SMILES string of the molecule is CNc1nnc(C(=O)NCC(C)(C)SC)s1. The van der Waals surface area contributed by atoms with Crippen LogP contribution in [0.4, 0.5) is 5.13 Å². The molecule has 0 aliphatic rings. The maximum absolute atomic E-state index is 11.7. The molecule has 90 valence electrons. The van der Waals surface area contributed by atoms with Crippen LogP contribution in [0.5, 0.6) is 0 Å². The molecule has 0 aliphatic carbocycles. The number of amides is 1. The molecule has 0 fully saturated rings. The van der Waals surface area contributed by atoms with Crippen LogP contribution in [0, 0.1) is 0 Å². The van der Waals surface area contributed by atoms with Crippen LogP contribution in [-0.4, -0.2) is 40.7 Å². The Morgan fingerprint density at radius 3 is 2.69 bits per heavy atom. The van der Waals surface area contributed by atoms with Crippen molar-refractivity contribution >= 4 is 34.1 Å². The highest BCUT2D eigenvalue weighted by Crippen LogP contribution is 2.20. The summed E-state index contributed by atoms with van der Waals surface area (Å²) in [7, 11) is 1.75. The lowest BCUT2D eigenvalue weighted by atomic mass is 10.2. The molecule has 16 heavy (non-hydrogen) atoms. The summed E-state index contributed by atoms with van der Waals surface area (Å²) in [5.41, 5.74) is 0. The van der Waals surface area contributed by atoms with Crippen LogP contribution >= 0.6 is 23.1 Å². The van der Waals surface area contributed by atoms with Gasteiger partial charge in [0.05, 0.1) is 0 Å². The predicted molar refractivity (Wildman–Crippen MR) is 69.4 cm³/mol. The molecule has 1 aromatic rings. The van der Waals surface area contributed by atoms with Gasteiger partial charge >= 0.3 is 0 Å². The van der Waals surface area contributed by atoms with E-state index in [-0.39, 0.29) is 10.7 Å². The second-order valence-electron chi connectivity index (χ2n) is 3.81. The molecule has 5 nitrogen and oxygen atoms in total. The van der Waals surface area contributed by atoms with E-state index in [2.05, 4.69) is 34.7 Å². The maximum Gasteiger partial charge on any atom is 0.282 e. The number of carbonyl (C=O) groups is 1. The van der Waals surface area contributed by atoms with Gasteiger partial charge < -0.3 is 10.6 Å². The fourth-order valence-corrected chi connectivity index (χ4v) is 1.69. The van der Waals surface area contributed by atoms with Gasteiger partial charge in [0.1, 0.15) is 0 Å². The Bertz CT molecular complexity index is 364. The molecule has 0 saturated carbocycles. The van der Waals surface area contributed by atoms with E-state index in [9.17, 15) is 4.79 Å². The fourth-order valence-electron chi connectivity index (χ4n) is 0.857. The molecule has 0 unspecified atom stereocenters. The van der Waals surface area contributed by atoms with E-state index >= 15 is 0 Å². The Labute approximate surface area is 103 Å². The van der Waals surface area contributed by atoms with Gasteiger partial charge in [0.15, 0.2) is 0 Å². The first-order chi connectivity index (χ1) is 7.48. The first-order valence-electron chi connectivity index (χ1n) is 4.83. The molecule has 0 aromatic carbocycles. The van der Waals surface area contributed by atoms with E-state index in [1.54, 1.807) is 18.8 Å². The summed E-state index contributed by atoms with van der Waals surface area (Å²) in [6.45, 7) is 4.77. The van der Waals surface area contributed by atoms with E-state index in [1.807, 2.05) is 6.26 Å². The smallest absolute Gasteiger partial charge is 0.282 e. The number of rotatable bonds is 5. The molecule has 2 N–H and O–H groups in total. The van der Waals surface area contributed by atoms with Gasteiger partial charge in [-0.05, 0) is 20.1 Å². The molecule has 7 heteroatoms. The Morgan fingerprint density at radius 2 is 2.19 bits per heavy atom. The second-order valence-corrected chi connectivity index (χ2v) is 6.30. The summed E-state index contributed by atoms with van der Waals surface area (Å²) in [6, 6.07) is 0. The molecule has 1 aromatic heterocycles. The number of nitrogens with zero attached hydrogens (tertiary/aromatic N) is 2. The summed E-state index contributed by atoms with van der Waals surface area (Å²) < 4.78 is 0.0339.